The zero-order chi connectivity index (χ0) is 10.3. The maximum Gasteiger partial charge on any atom is 0.408 e. The lowest BCUT2D eigenvalue weighted by Crippen LogP contribution is -2.26. The number of fused-ring (bicyclic) bond motifs is 1. The fourth-order valence-electron chi connectivity index (χ4n) is 1.69. The Balaban J connectivity index is 2.40. The van der Waals surface area contributed by atoms with Crippen LogP contribution < -0.4 is 0 Å². The number of hydrogen-bond acceptors (Lipinski definition) is 2. The minimum atomic E-state index is -0.924. The Morgan fingerprint density at radius 2 is 2.43 bits per heavy atom. The van der Waals surface area contributed by atoms with Crippen LogP contribution in [0.2, 0.25) is 5.15 Å². The number of carboxylic acid groups (broad SMARTS) is 1. The van der Waals surface area contributed by atoms with Crippen LogP contribution in [0.5, 0.6) is 0 Å². The molecule has 2 rings (SSSR count). The van der Waals surface area contributed by atoms with E-state index in [2.05, 4.69) is 4.98 Å². The third-order valence-corrected chi connectivity index (χ3v) is 2.67. The highest BCUT2D eigenvalue weighted by atomic mass is 35.5. The minimum Gasteiger partial charge on any atom is -0.465 e. The first-order valence-electron chi connectivity index (χ1n) is 4.24. The number of hydrogen-bond donors (Lipinski definition) is 1. The van der Waals surface area contributed by atoms with Crippen LogP contribution in [-0.2, 0) is 6.54 Å². The van der Waals surface area contributed by atoms with Gasteiger partial charge in [0.2, 0.25) is 0 Å². The molecular weight excluding hydrogens is 204 g/mol. The van der Waals surface area contributed by atoms with Crippen molar-refractivity contribution in [2.24, 2.45) is 0 Å². The van der Waals surface area contributed by atoms with Gasteiger partial charge in [0.15, 0.2) is 0 Å². The van der Waals surface area contributed by atoms with E-state index in [0.29, 0.717) is 11.7 Å². The van der Waals surface area contributed by atoms with E-state index < -0.39 is 6.09 Å². The lowest BCUT2D eigenvalue weighted by Gasteiger charge is -2.16. The monoisotopic (exact) mass is 212 g/mol. The Kier molecular flexibility index (Phi) is 2.07. The molecule has 1 amide bonds. The van der Waals surface area contributed by atoms with Crippen LogP contribution in [0.25, 0.3) is 0 Å². The number of halogens is 1. The average molecular weight is 213 g/mol. The van der Waals surface area contributed by atoms with E-state index >= 15 is 0 Å². The molecule has 0 radical (unpaired) electrons. The van der Waals surface area contributed by atoms with Crippen LogP contribution in [-0.4, -0.2) is 21.1 Å². The maximum absolute atomic E-state index is 10.8. The number of aromatic nitrogens is 1. The van der Waals surface area contributed by atoms with Gasteiger partial charge in [-0.25, -0.2) is 9.78 Å². The van der Waals surface area contributed by atoms with Gasteiger partial charge in [0.1, 0.15) is 5.15 Å². The molecule has 0 saturated heterocycles. The summed E-state index contributed by atoms with van der Waals surface area (Å²) >= 11 is 5.72. The van der Waals surface area contributed by atoms with Crippen LogP contribution in [0.4, 0.5) is 4.79 Å². The van der Waals surface area contributed by atoms with E-state index in [1.54, 1.807) is 6.07 Å². The minimum absolute atomic E-state index is 0.132. The second-order valence-corrected chi connectivity index (χ2v) is 3.64. The van der Waals surface area contributed by atoms with Crippen LogP contribution in [0, 0.1) is 0 Å². The third kappa shape index (κ3) is 1.32. The van der Waals surface area contributed by atoms with E-state index in [-0.39, 0.29) is 6.04 Å². The van der Waals surface area contributed by atoms with E-state index in [9.17, 15) is 4.79 Å². The molecule has 0 fully saturated rings. The fourth-order valence-corrected chi connectivity index (χ4v) is 1.86. The van der Waals surface area contributed by atoms with Crippen molar-refractivity contribution in [2.45, 2.75) is 19.5 Å². The summed E-state index contributed by atoms with van der Waals surface area (Å²) < 4.78 is 0. The molecule has 0 aromatic carbocycles. The number of nitrogens with zero attached hydrogens (tertiary/aromatic N) is 2. The first-order chi connectivity index (χ1) is 6.59. The fraction of sp³-hybridized carbons (Fsp3) is 0.333. The summed E-state index contributed by atoms with van der Waals surface area (Å²) in [6.07, 6.45) is -0.924. The summed E-state index contributed by atoms with van der Waals surface area (Å²) in [6.45, 7) is 2.17. The van der Waals surface area contributed by atoms with Gasteiger partial charge in [-0.2, -0.15) is 0 Å². The average Bonchev–Trinajstić information content (AvgIpc) is 2.43. The predicted octanol–water partition coefficient (Wildman–Crippen LogP) is 2.29. The van der Waals surface area contributed by atoms with Gasteiger partial charge in [-0.05, 0) is 18.6 Å². The van der Waals surface area contributed by atoms with E-state index in [1.807, 2.05) is 13.0 Å². The highest BCUT2D eigenvalue weighted by Gasteiger charge is 2.31. The number of carbonyl (C=O) groups is 1. The zero-order valence-corrected chi connectivity index (χ0v) is 8.32. The lowest BCUT2D eigenvalue weighted by atomic mass is 10.1. The maximum atomic E-state index is 10.8. The SMILES string of the molecule is C[C@@H]1c2ccc(Cl)nc2CN1C(=O)O. The summed E-state index contributed by atoms with van der Waals surface area (Å²) in [7, 11) is 0. The molecule has 1 aromatic rings. The Labute approximate surface area is 86.1 Å². The lowest BCUT2D eigenvalue weighted by molar-refractivity contribution is 0.132. The highest BCUT2D eigenvalue weighted by molar-refractivity contribution is 6.29. The quantitative estimate of drug-likeness (QED) is 0.672. The second-order valence-electron chi connectivity index (χ2n) is 3.26. The third-order valence-electron chi connectivity index (χ3n) is 2.46. The van der Waals surface area contributed by atoms with Crippen molar-refractivity contribution >= 4 is 17.7 Å². The van der Waals surface area contributed by atoms with Crippen LogP contribution in [0.3, 0.4) is 0 Å². The standard InChI is InChI=1S/C9H9ClN2O2/c1-5-6-2-3-8(10)11-7(6)4-12(5)9(13)14/h2-3,5H,4H2,1H3,(H,13,14)/t5-/m1/s1. The van der Waals surface area contributed by atoms with Crippen molar-refractivity contribution in [1.82, 2.24) is 9.88 Å². The summed E-state index contributed by atoms with van der Waals surface area (Å²) in [5.74, 6) is 0. The van der Waals surface area contributed by atoms with Crippen molar-refractivity contribution < 1.29 is 9.90 Å². The summed E-state index contributed by atoms with van der Waals surface area (Å²) in [5, 5.41) is 9.30. The molecule has 14 heavy (non-hydrogen) atoms. The molecule has 1 aromatic heterocycles. The molecule has 1 aliphatic rings. The van der Waals surface area contributed by atoms with Crippen molar-refractivity contribution in [3.8, 4) is 0 Å². The molecule has 0 spiro atoms. The summed E-state index contributed by atoms with van der Waals surface area (Å²) in [6, 6.07) is 3.38. The van der Waals surface area contributed by atoms with Gasteiger partial charge in [-0.3, -0.25) is 4.90 Å². The molecule has 4 nitrogen and oxygen atoms in total. The van der Waals surface area contributed by atoms with Crippen molar-refractivity contribution in [1.29, 1.82) is 0 Å². The first-order valence-corrected chi connectivity index (χ1v) is 4.62. The number of rotatable bonds is 0. The van der Waals surface area contributed by atoms with E-state index in [1.165, 1.54) is 4.90 Å². The Morgan fingerprint density at radius 1 is 1.71 bits per heavy atom. The first kappa shape index (κ1) is 9.27. The van der Waals surface area contributed by atoms with Crippen LogP contribution in [0.1, 0.15) is 24.2 Å². The molecular formula is C9H9ClN2O2. The van der Waals surface area contributed by atoms with Crippen molar-refractivity contribution in [2.75, 3.05) is 0 Å². The highest BCUT2D eigenvalue weighted by Crippen LogP contribution is 2.32. The van der Waals surface area contributed by atoms with E-state index in [4.69, 9.17) is 16.7 Å². The Hall–Kier alpha value is -1.29. The zero-order valence-electron chi connectivity index (χ0n) is 7.57. The van der Waals surface area contributed by atoms with Gasteiger partial charge in [0, 0.05) is 0 Å². The van der Waals surface area contributed by atoms with Gasteiger partial charge in [0.05, 0.1) is 18.3 Å². The molecule has 2 heterocycles. The molecule has 1 aliphatic heterocycles. The van der Waals surface area contributed by atoms with E-state index in [0.717, 1.165) is 11.3 Å². The summed E-state index contributed by atoms with van der Waals surface area (Å²) in [5.41, 5.74) is 1.70. The molecule has 1 atom stereocenters. The second kappa shape index (κ2) is 3.13. The van der Waals surface area contributed by atoms with Gasteiger partial charge >= 0.3 is 6.09 Å². The molecule has 0 bridgehead atoms. The smallest absolute Gasteiger partial charge is 0.408 e. The predicted molar refractivity (Wildman–Crippen MR) is 51.2 cm³/mol. The van der Waals surface area contributed by atoms with Gasteiger partial charge in [-0.1, -0.05) is 17.7 Å². The van der Waals surface area contributed by atoms with Crippen molar-refractivity contribution in [3.05, 3.63) is 28.5 Å². The molecule has 0 unspecified atom stereocenters. The van der Waals surface area contributed by atoms with Crippen LogP contribution in [0.15, 0.2) is 12.1 Å². The molecule has 1 N–H and O–H groups in total. The molecule has 74 valence electrons. The normalized spacial score (nSPS) is 19.6. The molecule has 5 heteroatoms. The van der Waals surface area contributed by atoms with Gasteiger partial charge in [-0.15, -0.1) is 0 Å². The largest absolute Gasteiger partial charge is 0.465 e. The van der Waals surface area contributed by atoms with Gasteiger partial charge in [0.25, 0.3) is 0 Å². The Morgan fingerprint density at radius 3 is 3.07 bits per heavy atom. The molecule has 0 saturated carbocycles. The topological polar surface area (TPSA) is 53.4 Å². The molecule has 0 aliphatic carbocycles. The number of amides is 1. The summed E-state index contributed by atoms with van der Waals surface area (Å²) in [4.78, 5) is 16.3. The van der Waals surface area contributed by atoms with Crippen molar-refractivity contribution in [3.63, 3.8) is 0 Å². The number of pyridine rings is 1. The van der Waals surface area contributed by atoms with Gasteiger partial charge < -0.3 is 5.11 Å². The Bertz CT molecular complexity index is 394. The van der Waals surface area contributed by atoms with Crippen LogP contribution >= 0.6 is 11.6 Å².